The number of fused-ring (bicyclic) bond motifs is 1. The Hall–Kier alpha value is -2.35. The number of hydrogen-bond acceptors (Lipinski definition) is 5. The van der Waals surface area contributed by atoms with Crippen molar-refractivity contribution in [3.8, 4) is 0 Å². The van der Waals surface area contributed by atoms with Crippen LogP contribution in [0.4, 0.5) is 4.79 Å². The zero-order chi connectivity index (χ0) is 16.8. The SMILES string of the molecule is COCCCNC(=O)c1oc2c(c1C)/C(=N/NC(N)=O)CCC2. The van der Waals surface area contributed by atoms with E-state index in [1.165, 1.54) is 0 Å². The monoisotopic (exact) mass is 322 g/mol. The number of methoxy groups -OCH3 is 1. The highest BCUT2D eigenvalue weighted by Crippen LogP contribution is 2.29. The Morgan fingerprint density at radius 3 is 2.87 bits per heavy atom. The van der Waals surface area contributed by atoms with Crippen LogP contribution in [0.15, 0.2) is 9.52 Å². The van der Waals surface area contributed by atoms with Crippen LogP contribution in [0.5, 0.6) is 0 Å². The Balaban J connectivity index is 2.17. The highest BCUT2D eigenvalue weighted by molar-refractivity contribution is 6.06. The first-order valence-electron chi connectivity index (χ1n) is 7.56. The van der Waals surface area contributed by atoms with E-state index in [-0.39, 0.29) is 5.91 Å². The van der Waals surface area contributed by atoms with Crippen LogP contribution in [0.25, 0.3) is 0 Å². The molecule has 8 nitrogen and oxygen atoms in total. The lowest BCUT2D eigenvalue weighted by Crippen LogP contribution is -2.27. The molecular weight excluding hydrogens is 300 g/mol. The molecule has 3 amide bonds. The number of ether oxygens (including phenoxy) is 1. The topological polar surface area (TPSA) is 119 Å². The number of hydrazone groups is 1. The van der Waals surface area contributed by atoms with Crippen molar-refractivity contribution < 1.29 is 18.7 Å². The number of amides is 3. The van der Waals surface area contributed by atoms with Crippen molar-refractivity contribution in [2.45, 2.75) is 32.6 Å². The molecule has 0 aromatic carbocycles. The zero-order valence-corrected chi connectivity index (χ0v) is 13.4. The first kappa shape index (κ1) is 17.0. The van der Waals surface area contributed by atoms with Gasteiger partial charge in [-0.1, -0.05) is 0 Å². The molecular formula is C15H22N4O4. The lowest BCUT2D eigenvalue weighted by molar-refractivity contribution is 0.0918. The highest BCUT2D eigenvalue weighted by atomic mass is 16.5. The van der Waals surface area contributed by atoms with E-state index in [1.54, 1.807) is 7.11 Å². The number of nitrogens with zero attached hydrogens (tertiary/aromatic N) is 1. The Kier molecular flexibility index (Phi) is 5.75. The minimum Gasteiger partial charge on any atom is -0.455 e. The van der Waals surface area contributed by atoms with Gasteiger partial charge in [-0.15, -0.1) is 0 Å². The van der Waals surface area contributed by atoms with E-state index in [0.29, 0.717) is 31.0 Å². The largest absolute Gasteiger partial charge is 0.455 e. The fourth-order valence-corrected chi connectivity index (χ4v) is 2.62. The smallest absolute Gasteiger partial charge is 0.332 e. The van der Waals surface area contributed by atoms with Crippen molar-refractivity contribution in [3.63, 3.8) is 0 Å². The number of aryl methyl sites for hydroxylation is 1. The van der Waals surface area contributed by atoms with Gasteiger partial charge < -0.3 is 20.2 Å². The van der Waals surface area contributed by atoms with E-state index in [9.17, 15) is 9.59 Å². The van der Waals surface area contributed by atoms with Gasteiger partial charge in [0.15, 0.2) is 5.76 Å². The van der Waals surface area contributed by atoms with Gasteiger partial charge in [0.2, 0.25) is 0 Å². The van der Waals surface area contributed by atoms with Gasteiger partial charge in [-0.3, -0.25) is 4.79 Å². The fraction of sp³-hybridized carbons (Fsp3) is 0.533. The summed E-state index contributed by atoms with van der Waals surface area (Å²) in [5.74, 6) is 0.761. The normalized spacial score (nSPS) is 15.3. The number of carbonyl (C=O) groups is 2. The Bertz CT molecular complexity index is 621. The van der Waals surface area contributed by atoms with Gasteiger partial charge in [0.05, 0.1) is 5.71 Å². The highest BCUT2D eigenvalue weighted by Gasteiger charge is 2.27. The summed E-state index contributed by atoms with van der Waals surface area (Å²) in [6.45, 7) is 2.92. The van der Waals surface area contributed by atoms with Gasteiger partial charge in [0.1, 0.15) is 5.76 Å². The second kappa shape index (κ2) is 7.77. The van der Waals surface area contributed by atoms with Crippen LogP contribution in [0.1, 0.15) is 46.7 Å². The van der Waals surface area contributed by atoms with E-state index in [4.69, 9.17) is 14.9 Å². The molecule has 8 heteroatoms. The van der Waals surface area contributed by atoms with Crippen molar-refractivity contribution in [2.75, 3.05) is 20.3 Å². The van der Waals surface area contributed by atoms with Gasteiger partial charge in [-0.05, 0) is 26.2 Å². The molecule has 23 heavy (non-hydrogen) atoms. The number of carbonyl (C=O) groups excluding carboxylic acids is 2. The Morgan fingerprint density at radius 1 is 1.39 bits per heavy atom. The molecule has 0 fully saturated rings. The lowest BCUT2D eigenvalue weighted by atomic mass is 9.93. The van der Waals surface area contributed by atoms with Crippen molar-refractivity contribution in [3.05, 3.63) is 22.6 Å². The first-order chi connectivity index (χ1) is 11.0. The van der Waals surface area contributed by atoms with Gasteiger partial charge in [-0.25, -0.2) is 10.2 Å². The third-order valence-corrected chi connectivity index (χ3v) is 3.64. The van der Waals surface area contributed by atoms with Gasteiger partial charge in [0, 0.05) is 37.8 Å². The van der Waals surface area contributed by atoms with E-state index < -0.39 is 6.03 Å². The zero-order valence-electron chi connectivity index (χ0n) is 13.4. The van der Waals surface area contributed by atoms with Crippen LogP contribution < -0.4 is 16.5 Å². The molecule has 0 aliphatic heterocycles. The molecule has 0 spiro atoms. The summed E-state index contributed by atoms with van der Waals surface area (Å²) in [7, 11) is 1.62. The van der Waals surface area contributed by atoms with Crippen LogP contribution in [0.2, 0.25) is 0 Å². The third-order valence-electron chi connectivity index (χ3n) is 3.64. The van der Waals surface area contributed by atoms with Crippen LogP contribution in [0, 0.1) is 6.92 Å². The second-order valence-electron chi connectivity index (χ2n) is 5.34. The number of nitrogens with two attached hydrogens (primary N) is 1. The summed E-state index contributed by atoms with van der Waals surface area (Å²) in [5, 5.41) is 6.83. The molecule has 0 saturated carbocycles. The number of rotatable bonds is 6. The fourth-order valence-electron chi connectivity index (χ4n) is 2.62. The second-order valence-corrected chi connectivity index (χ2v) is 5.34. The number of nitrogens with one attached hydrogen (secondary N) is 2. The third kappa shape index (κ3) is 4.10. The van der Waals surface area contributed by atoms with E-state index >= 15 is 0 Å². The maximum atomic E-state index is 12.2. The number of furan rings is 1. The molecule has 0 bridgehead atoms. The molecule has 1 aliphatic carbocycles. The standard InChI is InChI=1S/C15H22N4O4/c1-9-12-10(18-19-15(16)21)5-3-6-11(12)23-13(9)14(20)17-7-4-8-22-2/h3-8H2,1-2H3,(H,17,20)(H3,16,19,21)/b18-10+. The predicted octanol–water partition coefficient (Wildman–Crippen LogP) is 1.06. The van der Waals surface area contributed by atoms with E-state index in [0.717, 1.165) is 36.1 Å². The van der Waals surface area contributed by atoms with Gasteiger partial charge in [-0.2, -0.15) is 5.10 Å². The van der Waals surface area contributed by atoms with E-state index in [1.807, 2.05) is 6.92 Å². The lowest BCUT2D eigenvalue weighted by Gasteiger charge is -2.13. The minimum atomic E-state index is -0.720. The van der Waals surface area contributed by atoms with Crippen LogP contribution in [-0.4, -0.2) is 37.9 Å². The van der Waals surface area contributed by atoms with Crippen molar-refractivity contribution in [2.24, 2.45) is 10.8 Å². The molecule has 0 radical (unpaired) electrons. The van der Waals surface area contributed by atoms with Crippen LogP contribution in [0.3, 0.4) is 0 Å². The quantitative estimate of drug-likeness (QED) is 0.536. The maximum absolute atomic E-state index is 12.2. The summed E-state index contributed by atoms with van der Waals surface area (Å²) in [4.78, 5) is 23.1. The van der Waals surface area contributed by atoms with Crippen molar-refractivity contribution in [1.29, 1.82) is 0 Å². The predicted molar refractivity (Wildman–Crippen MR) is 84.5 cm³/mol. The molecule has 1 aromatic heterocycles. The first-order valence-corrected chi connectivity index (χ1v) is 7.56. The molecule has 0 unspecified atom stereocenters. The Morgan fingerprint density at radius 2 is 2.17 bits per heavy atom. The van der Waals surface area contributed by atoms with Crippen molar-refractivity contribution in [1.82, 2.24) is 10.7 Å². The number of primary amides is 1. The van der Waals surface area contributed by atoms with E-state index in [2.05, 4.69) is 15.8 Å². The van der Waals surface area contributed by atoms with Gasteiger partial charge in [0.25, 0.3) is 5.91 Å². The number of hydrogen-bond donors (Lipinski definition) is 3. The summed E-state index contributed by atoms with van der Waals surface area (Å²) in [6, 6.07) is -0.720. The minimum absolute atomic E-state index is 0.254. The molecule has 1 aromatic rings. The summed E-state index contributed by atoms with van der Waals surface area (Å²) in [6.07, 6.45) is 3.01. The number of urea groups is 1. The molecule has 2 rings (SSSR count). The van der Waals surface area contributed by atoms with Gasteiger partial charge >= 0.3 is 6.03 Å². The molecule has 0 atom stereocenters. The molecule has 4 N–H and O–H groups in total. The summed E-state index contributed by atoms with van der Waals surface area (Å²) >= 11 is 0. The summed E-state index contributed by atoms with van der Waals surface area (Å²) in [5.41, 5.74) is 9.50. The average Bonchev–Trinajstić information content (AvgIpc) is 2.87. The molecule has 1 heterocycles. The Labute approximate surface area is 134 Å². The average molecular weight is 322 g/mol. The van der Waals surface area contributed by atoms with Crippen LogP contribution in [-0.2, 0) is 11.2 Å². The maximum Gasteiger partial charge on any atom is 0.332 e. The van der Waals surface area contributed by atoms with Crippen molar-refractivity contribution >= 4 is 17.6 Å². The molecule has 1 aliphatic rings. The van der Waals surface area contributed by atoms with Crippen LogP contribution >= 0.6 is 0 Å². The molecule has 126 valence electrons. The summed E-state index contributed by atoms with van der Waals surface area (Å²) < 4.78 is 10.7. The molecule has 0 saturated heterocycles.